The number of hydrogen-bond donors (Lipinski definition) is 2. The first-order valence-electron chi connectivity index (χ1n) is 5.14. The van der Waals surface area contributed by atoms with E-state index in [1.807, 2.05) is 0 Å². The Morgan fingerprint density at radius 3 is 2.72 bits per heavy atom. The molecule has 0 atom stereocenters. The molecule has 0 unspecified atom stereocenters. The second kappa shape index (κ2) is 5.05. The number of rotatable bonds is 3. The zero-order chi connectivity index (χ0) is 13.0. The second-order valence-electron chi connectivity index (χ2n) is 3.49. The van der Waals surface area contributed by atoms with Gasteiger partial charge in [0.05, 0.1) is 6.20 Å². The van der Waals surface area contributed by atoms with Crippen LogP contribution < -0.4 is 11.1 Å². The summed E-state index contributed by atoms with van der Waals surface area (Å²) in [5, 5.41) is 2.60. The van der Waals surface area contributed by atoms with Gasteiger partial charge in [0.1, 0.15) is 5.69 Å². The van der Waals surface area contributed by atoms with Crippen LogP contribution in [0.2, 0.25) is 0 Å². The highest BCUT2D eigenvalue weighted by atomic mass is 16.2. The topological polar surface area (TPSA) is 98.0 Å². The molecule has 18 heavy (non-hydrogen) atoms. The first kappa shape index (κ1) is 11.7. The van der Waals surface area contributed by atoms with Gasteiger partial charge in [0.2, 0.25) is 5.91 Å². The number of aromatic nitrogens is 2. The largest absolute Gasteiger partial charge is 0.366 e. The van der Waals surface area contributed by atoms with E-state index in [1.54, 1.807) is 18.2 Å². The van der Waals surface area contributed by atoms with Crippen molar-refractivity contribution in [2.45, 2.75) is 0 Å². The molecule has 0 fully saturated rings. The number of carbonyl (C=O) groups is 2. The second-order valence-corrected chi connectivity index (χ2v) is 3.49. The number of carbonyl (C=O) groups excluding carboxylic acids is 2. The summed E-state index contributed by atoms with van der Waals surface area (Å²) in [6.07, 6.45) is 4.26. The fourth-order valence-corrected chi connectivity index (χ4v) is 1.36. The molecule has 90 valence electrons. The molecule has 0 aliphatic carbocycles. The van der Waals surface area contributed by atoms with Crippen molar-refractivity contribution >= 4 is 17.5 Å². The van der Waals surface area contributed by atoms with E-state index in [0.717, 1.165) is 0 Å². The first-order chi connectivity index (χ1) is 8.66. The third kappa shape index (κ3) is 2.67. The highest BCUT2D eigenvalue weighted by Crippen LogP contribution is 2.11. The predicted octanol–water partition coefficient (Wildman–Crippen LogP) is 0.828. The Morgan fingerprint density at radius 2 is 2.06 bits per heavy atom. The van der Waals surface area contributed by atoms with E-state index in [9.17, 15) is 9.59 Å². The maximum atomic E-state index is 11.8. The fraction of sp³-hybridized carbons (Fsp3) is 0. The summed E-state index contributed by atoms with van der Waals surface area (Å²) >= 11 is 0. The minimum Gasteiger partial charge on any atom is -0.366 e. The number of benzene rings is 1. The molecule has 2 rings (SSSR count). The Kier molecular flexibility index (Phi) is 3.29. The van der Waals surface area contributed by atoms with Crippen LogP contribution in [0.25, 0.3) is 0 Å². The van der Waals surface area contributed by atoms with Crippen molar-refractivity contribution in [3.63, 3.8) is 0 Å². The Labute approximate surface area is 103 Å². The van der Waals surface area contributed by atoms with Gasteiger partial charge in [-0.25, -0.2) is 4.98 Å². The Hall–Kier alpha value is -2.76. The van der Waals surface area contributed by atoms with Gasteiger partial charge in [-0.3, -0.25) is 14.6 Å². The van der Waals surface area contributed by atoms with Crippen LogP contribution >= 0.6 is 0 Å². The number of nitrogens with one attached hydrogen (secondary N) is 1. The minimum atomic E-state index is -0.550. The van der Waals surface area contributed by atoms with E-state index in [0.29, 0.717) is 11.3 Å². The standard InChI is InChI=1S/C12H10N4O2/c13-11(17)8-2-1-3-9(6-8)16-12(18)10-7-14-4-5-15-10/h1-7H,(H2,13,17)(H,16,18). The Balaban J connectivity index is 2.17. The molecule has 6 nitrogen and oxygen atoms in total. The predicted molar refractivity (Wildman–Crippen MR) is 64.9 cm³/mol. The van der Waals surface area contributed by atoms with E-state index >= 15 is 0 Å². The smallest absolute Gasteiger partial charge is 0.275 e. The molecule has 2 amide bonds. The molecule has 0 saturated carbocycles. The molecule has 0 saturated heterocycles. The summed E-state index contributed by atoms with van der Waals surface area (Å²) in [4.78, 5) is 30.4. The number of hydrogen-bond acceptors (Lipinski definition) is 4. The molecule has 0 spiro atoms. The molecule has 0 aliphatic rings. The molecular weight excluding hydrogens is 232 g/mol. The highest BCUT2D eigenvalue weighted by molar-refractivity contribution is 6.03. The van der Waals surface area contributed by atoms with Gasteiger partial charge >= 0.3 is 0 Å². The SMILES string of the molecule is NC(=O)c1cccc(NC(=O)c2cnccn2)c1. The monoisotopic (exact) mass is 242 g/mol. The Morgan fingerprint density at radius 1 is 1.22 bits per heavy atom. The van der Waals surface area contributed by atoms with E-state index in [2.05, 4.69) is 15.3 Å². The molecule has 0 bridgehead atoms. The maximum Gasteiger partial charge on any atom is 0.275 e. The molecule has 1 heterocycles. The van der Waals surface area contributed by atoms with Crippen LogP contribution in [0.4, 0.5) is 5.69 Å². The third-order valence-electron chi connectivity index (χ3n) is 2.20. The lowest BCUT2D eigenvalue weighted by Gasteiger charge is -2.05. The number of primary amides is 1. The molecular formula is C12H10N4O2. The van der Waals surface area contributed by atoms with Crippen molar-refractivity contribution in [1.29, 1.82) is 0 Å². The van der Waals surface area contributed by atoms with Crippen LogP contribution in [-0.4, -0.2) is 21.8 Å². The number of anilines is 1. The average Bonchev–Trinajstić information content (AvgIpc) is 2.40. The van der Waals surface area contributed by atoms with Crippen molar-refractivity contribution < 1.29 is 9.59 Å². The summed E-state index contributed by atoms with van der Waals surface area (Å²) in [6, 6.07) is 6.35. The van der Waals surface area contributed by atoms with Gasteiger partial charge in [-0.05, 0) is 18.2 Å². The summed E-state index contributed by atoms with van der Waals surface area (Å²) in [6.45, 7) is 0. The van der Waals surface area contributed by atoms with Crippen LogP contribution in [0.15, 0.2) is 42.9 Å². The van der Waals surface area contributed by atoms with E-state index in [4.69, 9.17) is 5.73 Å². The average molecular weight is 242 g/mol. The molecule has 2 aromatic rings. The van der Waals surface area contributed by atoms with Gasteiger partial charge in [0.15, 0.2) is 0 Å². The number of nitrogens with zero attached hydrogens (tertiary/aromatic N) is 2. The van der Waals surface area contributed by atoms with Gasteiger partial charge in [0, 0.05) is 23.6 Å². The number of amides is 2. The van der Waals surface area contributed by atoms with Crippen molar-refractivity contribution in [3.05, 3.63) is 54.1 Å². The molecule has 0 radical (unpaired) electrons. The van der Waals surface area contributed by atoms with Crippen molar-refractivity contribution in [2.24, 2.45) is 5.73 Å². The van der Waals surface area contributed by atoms with Gasteiger partial charge in [0.25, 0.3) is 5.91 Å². The van der Waals surface area contributed by atoms with Gasteiger partial charge in [-0.15, -0.1) is 0 Å². The minimum absolute atomic E-state index is 0.196. The lowest BCUT2D eigenvalue weighted by Crippen LogP contribution is -2.15. The quantitative estimate of drug-likeness (QED) is 0.832. The van der Waals surface area contributed by atoms with Gasteiger partial charge in [-0.2, -0.15) is 0 Å². The zero-order valence-electron chi connectivity index (χ0n) is 9.33. The summed E-state index contributed by atoms with van der Waals surface area (Å²) in [7, 11) is 0. The van der Waals surface area contributed by atoms with E-state index < -0.39 is 11.8 Å². The third-order valence-corrected chi connectivity index (χ3v) is 2.20. The molecule has 0 aliphatic heterocycles. The summed E-state index contributed by atoms with van der Waals surface area (Å²) in [5.74, 6) is -0.949. The van der Waals surface area contributed by atoms with Crippen LogP contribution in [-0.2, 0) is 0 Å². The first-order valence-corrected chi connectivity index (χ1v) is 5.14. The highest BCUT2D eigenvalue weighted by Gasteiger charge is 2.08. The molecule has 1 aromatic carbocycles. The van der Waals surface area contributed by atoms with E-state index in [1.165, 1.54) is 24.7 Å². The van der Waals surface area contributed by atoms with Crippen molar-refractivity contribution in [3.8, 4) is 0 Å². The van der Waals surface area contributed by atoms with Gasteiger partial charge in [-0.1, -0.05) is 6.07 Å². The normalized spacial score (nSPS) is 9.78. The molecule has 3 N–H and O–H groups in total. The van der Waals surface area contributed by atoms with Crippen LogP contribution in [0, 0.1) is 0 Å². The number of nitrogens with two attached hydrogens (primary N) is 1. The van der Waals surface area contributed by atoms with E-state index in [-0.39, 0.29) is 5.69 Å². The van der Waals surface area contributed by atoms with Crippen molar-refractivity contribution in [2.75, 3.05) is 5.32 Å². The summed E-state index contributed by atoms with van der Waals surface area (Å²) < 4.78 is 0. The lowest BCUT2D eigenvalue weighted by molar-refractivity contribution is 0.0995. The lowest BCUT2D eigenvalue weighted by atomic mass is 10.2. The molecule has 1 aromatic heterocycles. The fourth-order valence-electron chi connectivity index (χ4n) is 1.36. The van der Waals surface area contributed by atoms with Crippen LogP contribution in [0.1, 0.15) is 20.8 Å². The van der Waals surface area contributed by atoms with Gasteiger partial charge < -0.3 is 11.1 Å². The Bertz CT molecular complexity index is 584. The zero-order valence-corrected chi connectivity index (χ0v) is 9.33. The summed E-state index contributed by atoms with van der Waals surface area (Å²) in [5.41, 5.74) is 6.15. The maximum absolute atomic E-state index is 11.8. The van der Waals surface area contributed by atoms with Crippen LogP contribution in [0.3, 0.4) is 0 Å². The van der Waals surface area contributed by atoms with Crippen molar-refractivity contribution in [1.82, 2.24) is 9.97 Å². The van der Waals surface area contributed by atoms with Crippen LogP contribution in [0.5, 0.6) is 0 Å². The molecule has 6 heteroatoms.